The van der Waals surface area contributed by atoms with Crippen LogP contribution >= 0.6 is 15.9 Å². The minimum Gasteiger partial charge on any atom is -0.207 e. The fraction of sp³-hybridized carbons (Fsp3) is 0.500. The number of hydrogen-bond donors (Lipinski definition) is 0. The lowest BCUT2D eigenvalue weighted by Crippen LogP contribution is -1.96. The second kappa shape index (κ2) is 6.18. The molecule has 14 heavy (non-hydrogen) atoms. The van der Waals surface area contributed by atoms with E-state index in [1.165, 1.54) is 30.5 Å². The number of halogens is 2. The van der Waals surface area contributed by atoms with Crippen molar-refractivity contribution in [1.82, 2.24) is 0 Å². The summed E-state index contributed by atoms with van der Waals surface area (Å²) in [7, 11) is 0. The van der Waals surface area contributed by atoms with Crippen molar-refractivity contribution in [3.63, 3.8) is 0 Å². The topological polar surface area (TPSA) is 0 Å². The van der Waals surface area contributed by atoms with Gasteiger partial charge in [0.05, 0.1) is 0 Å². The number of aryl methyl sites for hydroxylation is 1. The first-order chi connectivity index (χ1) is 6.72. The molecule has 0 saturated carbocycles. The molecule has 0 fully saturated rings. The highest BCUT2D eigenvalue weighted by Gasteiger charge is 2.00. The van der Waals surface area contributed by atoms with Crippen molar-refractivity contribution in [1.29, 1.82) is 0 Å². The van der Waals surface area contributed by atoms with Crippen LogP contribution in [0.5, 0.6) is 0 Å². The van der Waals surface area contributed by atoms with Crippen molar-refractivity contribution in [2.75, 3.05) is 0 Å². The molecule has 78 valence electrons. The van der Waals surface area contributed by atoms with Gasteiger partial charge < -0.3 is 0 Å². The second-order valence-electron chi connectivity index (χ2n) is 3.52. The molecule has 0 aromatic heterocycles. The lowest BCUT2D eigenvalue weighted by atomic mass is 10.1. The summed E-state index contributed by atoms with van der Waals surface area (Å²) in [5, 5.41) is 0. The summed E-state index contributed by atoms with van der Waals surface area (Å²) in [6.45, 7) is 2.18. The van der Waals surface area contributed by atoms with E-state index >= 15 is 0 Å². The molecule has 0 radical (unpaired) electrons. The van der Waals surface area contributed by atoms with Gasteiger partial charge in [0.15, 0.2) is 0 Å². The average molecular weight is 259 g/mol. The maximum atomic E-state index is 12.6. The van der Waals surface area contributed by atoms with Crippen LogP contribution in [0.1, 0.15) is 31.7 Å². The minimum absolute atomic E-state index is 0.152. The van der Waals surface area contributed by atoms with Crippen molar-refractivity contribution in [2.45, 2.75) is 37.4 Å². The smallest absolute Gasteiger partial charge is 0.123 e. The lowest BCUT2D eigenvalue weighted by Gasteiger charge is -2.05. The Labute approximate surface area is 93.7 Å². The van der Waals surface area contributed by atoms with E-state index in [1.54, 1.807) is 0 Å². The third-order valence-corrected chi connectivity index (χ3v) is 3.44. The molecule has 0 N–H and O–H groups in total. The number of hydrogen-bond acceptors (Lipinski definition) is 0. The fourth-order valence-corrected chi connectivity index (χ4v) is 1.71. The van der Waals surface area contributed by atoms with Gasteiger partial charge in [-0.3, -0.25) is 0 Å². The summed E-state index contributed by atoms with van der Waals surface area (Å²) in [5.74, 6) is -0.152. The normalized spacial score (nSPS) is 12.8. The lowest BCUT2D eigenvalue weighted by molar-refractivity contribution is 0.626. The summed E-state index contributed by atoms with van der Waals surface area (Å²) in [6.07, 6.45) is 4.56. The van der Waals surface area contributed by atoms with Crippen molar-refractivity contribution >= 4 is 15.9 Å². The predicted molar refractivity (Wildman–Crippen MR) is 62.3 cm³/mol. The van der Waals surface area contributed by atoms with Crippen LogP contribution in [0.3, 0.4) is 0 Å². The average Bonchev–Trinajstić information content (AvgIpc) is 2.21. The molecule has 1 aromatic rings. The fourth-order valence-electron chi connectivity index (χ4n) is 1.38. The van der Waals surface area contributed by atoms with Gasteiger partial charge in [-0.2, -0.15) is 0 Å². The van der Waals surface area contributed by atoms with Crippen molar-refractivity contribution in [3.05, 3.63) is 35.6 Å². The highest BCUT2D eigenvalue weighted by molar-refractivity contribution is 9.09. The van der Waals surface area contributed by atoms with Gasteiger partial charge in [0, 0.05) is 4.83 Å². The highest BCUT2D eigenvalue weighted by atomic mass is 79.9. The van der Waals surface area contributed by atoms with Crippen molar-refractivity contribution < 1.29 is 4.39 Å². The van der Waals surface area contributed by atoms with Crippen LogP contribution < -0.4 is 0 Å². The van der Waals surface area contributed by atoms with Crippen molar-refractivity contribution in [3.8, 4) is 0 Å². The van der Waals surface area contributed by atoms with E-state index in [2.05, 4.69) is 22.9 Å². The Morgan fingerprint density at radius 1 is 1.29 bits per heavy atom. The molecule has 1 atom stereocenters. The Morgan fingerprint density at radius 3 is 2.50 bits per heavy atom. The molecule has 0 aliphatic rings. The molecule has 1 rings (SSSR count). The molecular weight excluding hydrogens is 243 g/mol. The SMILES string of the molecule is CCC(Br)CCCc1ccc(F)cc1. The van der Waals surface area contributed by atoms with Gasteiger partial charge in [-0.05, 0) is 43.4 Å². The summed E-state index contributed by atoms with van der Waals surface area (Å²) >= 11 is 3.60. The third-order valence-electron chi connectivity index (χ3n) is 2.34. The van der Waals surface area contributed by atoms with E-state index in [9.17, 15) is 4.39 Å². The first-order valence-electron chi connectivity index (χ1n) is 5.11. The van der Waals surface area contributed by atoms with Gasteiger partial charge in [-0.15, -0.1) is 0 Å². The van der Waals surface area contributed by atoms with Gasteiger partial charge >= 0.3 is 0 Å². The Balaban J connectivity index is 2.28. The number of alkyl halides is 1. The highest BCUT2D eigenvalue weighted by Crippen LogP contribution is 2.14. The molecule has 0 heterocycles. The van der Waals surface area contributed by atoms with Gasteiger partial charge in [0.2, 0.25) is 0 Å². The summed E-state index contributed by atoms with van der Waals surface area (Å²) in [6, 6.07) is 6.79. The van der Waals surface area contributed by atoms with E-state index in [1.807, 2.05) is 12.1 Å². The Bertz CT molecular complexity index is 256. The van der Waals surface area contributed by atoms with Gasteiger partial charge in [0.25, 0.3) is 0 Å². The maximum absolute atomic E-state index is 12.6. The first-order valence-corrected chi connectivity index (χ1v) is 6.02. The van der Waals surface area contributed by atoms with Crippen LogP contribution in [0, 0.1) is 5.82 Å². The predicted octanol–water partition coefficient (Wildman–Crippen LogP) is 4.32. The molecule has 0 aliphatic carbocycles. The molecule has 0 spiro atoms. The molecule has 0 aliphatic heterocycles. The molecule has 0 bridgehead atoms. The van der Waals surface area contributed by atoms with Crippen molar-refractivity contribution in [2.24, 2.45) is 0 Å². The molecule has 0 nitrogen and oxygen atoms in total. The van der Waals surface area contributed by atoms with Gasteiger partial charge in [-0.1, -0.05) is 35.0 Å². The molecule has 1 aromatic carbocycles. The zero-order chi connectivity index (χ0) is 10.4. The Kier molecular flexibility index (Phi) is 5.16. The Morgan fingerprint density at radius 2 is 1.93 bits per heavy atom. The summed E-state index contributed by atoms with van der Waals surface area (Å²) < 4.78 is 12.6. The summed E-state index contributed by atoms with van der Waals surface area (Å²) in [4.78, 5) is 0.628. The van der Waals surface area contributed by atoms with Gasteiger partial charge in [0.1, 0.15) is 5.82 Å². The monoisotopic (exact) mass is 258 g/mol. The standard InChI is InChI=1S/C12H16BrF/c1-2-11(13)5-3-4-10-6-8-12(14)9-7-10/h6-9,11H,2-5H2,1H3. The quantitative estimate of drug-likeness (QED) is 0.691. The van der Waals surface area contributed by atoms with Crippen LogP contribution in [-0.4, -0.2) is 4.83 Å². The molecule has 1 unspecified atom stereocenters. The molecule has 0 saturated heterocycles. The van der Waals surface area contributed by atoms with E-state index in [-0.39, 0.29) is 5.82 Å². The maximum Gasteiger partial charge on any atom is 0.123 e. The van der Waals surface area contributed by atoms with E-state index in [0.717, 1.165) is 12.8 Å². The van der Waals surface area contributed by atoms with Crippen LogP contribution in [-0.2, 0) is 6.42 Å². The zero-order valence-electron chi connectivity index (χ0n) is 8.47. The van der Waals surface area contributed by atoms with E-state index in [0.29, 0.717) is 4.83 Å². The van der Waals surface area contributed by atoms with Gasteiger partial charge in [-0.25, -0.2) is 4.39 Å². The molecule has 2 heteroatoms. The first kappa shape index (κ1) is 11.7. The third kappa shape index (κ3) is 4.23. The summed E-state index contributed by atoms with van der Waals surface area (Å²) in [5.41, 5.74) is 1.22. The van der Waals surface area contributed by atoms with Crippen LogP contribution in [0.25, 0.3) is 0 Å². The largest absolute Gasteiger partial charge is 0.207 e. The zero-order valence-corrected chi connectivity index (χ0v) is 10.1. The van der Waals surface area contributed by atoms with E-state index in [4.69, 9.17) is 0 Å². The number of rotatable bonds is 5. The molecular formula is C12H16BrF. The minimum atomic E-state index is -0.152. The van der Waals surface area contributed by atoms with Crippen LogP contribution in [0.15, 0.2) is 24.3 Å². The van der Waals surface area contributed by atoms with E-state index < -0.39 is 0 Å². The Hall–Kier alpha value is -0.370. The second-order valence-corrected chi connectivity index (χ2v) is 4.82. The number of benzene rings is 1. The van der Waals surface area contributed by atoms with Crippen LogP contribution in [0.4, 0.5) is 4.39 Å². The molecule has 0 amide bonds. The van der Waals surface area contributed by atoms with Crippen LogP contribution in [0.2, 0.25) is 0 Å².